The number of nitrogens with zero attached hydrogens (tertiary/aromatic N) is 2. The van der Waals surface area contributed by atoms with Crippen molar-refractivity contribution in [3.63, 3.8) is 0 Å². The van der Waals surface area contributed by atoms with Crippen molar-refractivity contribution in [2.75, 3.05) is 13.2 Å². The largest absolute Gasteiger partial charge is 0.491 e. The molecule has 0 bridgehead atoms. The van der Waals surface area contributed by atoms with Gasteiger partial charge in [-0.3, -0.25) is 23.9 Å². The monoisotopic (exact) mass is 837 g/mol. The molecular formula is C41H51F4N3O9S. The van der Waals surface area contributed by atoms with Crippen LogP contribution in [0.15, 0.2) is 36.5 Å². The summed E-state index contributed by atoms with van der Waals surface area (Å²) in [5, 5.41) is 0.149. The van der Waals surface area contributed by atoms with E-state index in [0.717, 1.165) is 13.8 Å². The minimum absolute atomic E-state index is 0.00757. The fourth-order valence-electron chi connectivity index (χ4n) is 8.21. The molecule has 3 fully saturated rings. The first kappa shape index (κ1) is 43.3. The average Bonchev–Trinajstić information content (AvgIpc) is 4.05. The van der Waals surface area contributed by atoms with Crippen molar-refractivity contribution in [2.45, 2.75) is 122 Å². The lowest BCUT2D eigenvalue weighted by atomic mass is 9.82. The average molecular weight is 838 g/mol. The number of esters is 1. The van der Waals surface area contributed by atoms with E-state index in [1.165, 1.54) is 23.2 Å². The Morgan fingerprint density at radius 1 is 1.09 bits per heavy atom. The number of carbonyl (C=O) groups excluding carboxylic acids is 4. The van der Waals surface area contributed by atoms with Gasteiger partial charge in [0.1, 0.15) is 6.10 Å². The van der Waals surface area contributed by atoms with E-state index in [2.05, 4.69) is 9.71 Å². The fraction of sp³-hybridized carbons (Fsp3) is 0.634. The van der Waals surface area contributed by atoms with Gasteiger partial charge >= 0.3 is 12.1 Å². The van der Waals surface area contributed by atoms with Gasteiger partial charge in [0.05, 0.1) is 42.2 Å². The third-order valence-electron chi connectivity index (χ3n) is 12.0. The molecule has 2 aromatic rings. The summed E-state index contributed by atoms with van der Waals surface area (Å²) in [7, 11) is -3.96. The number of pyridine rings is 1. The van der Waals surface area contributed by atoms with Crippen LogP contribution in [0.1, 0.15) is 92.4 Å². The molecule has 318 valence electrons. The second-order valence-corrected chi connectivity index (χ2v) is 18.9. The quantitative estimate of drug-likeness (QED) is 0.157. The number of amides is 2. The van der Waals surface area contributed by atoms with Crippen LogP contribution in [-0.4, -0.2) is 84.2 Å². The van der Waals surface area contributed by atoms with Gasteiger partial charge in [-0.25, -0.2) is 17.8 Å². The van der Waals surface area contributed by atoms with Gasteiger partial charge in [-0.2, -0.15) is 13.2 Å². The molecule has 2 aliphatic carbocycles. The zero-order chi connectivity index (χ0) is 42.4. The lowest BCUT2D eigenvalue weighted by molar-refractivity contribution is -0.257. The van der Waals surface area contributed by atoms with Gasteiger partial charge in [-0.15, -0.1) is 0 Å². The van der Waals surface area contributed by atoms with E-state index in [0.29, 0.717) is 42.9 Å². The van der Waals surface area contributed by atoms with Crippen LogP contribution in [0.25, 0.3) is 10.8 Å². The Kier molecular flexibility index (Phi) is 12.2. The normalized spacial score (nSPS) is 29.1. The van der Waals surface area contributed by atoms with Crippen LogP contribution in [0.3, 0.4) is 0 Å². The molecule has 1 saturated heterocycles. The smallest absolute Gasteiger partial charge is 0.427 e. The number of sulfonamides is 1. The van der Waals surface area contributed by atoms with E-state index in [9.17, 15) is 40.8 Å². The van der Waals surface area contributed by atoms with E-state index >= 15 is 4.39 Å². The predicted molar refractivity (Wildman–Crippen MR) is 203 cm³/mol. The maximum Gasteiger partial charge on any atom is 0.427 e. The summed E-state index contributed by atoms with van der Waals surface area (Å²) in [6, 6.07) is 3.10. The number of hydrogen-bond donors (Lipinski definition) is 1. The van der Waals surface area contributed by atoms with Gasteiger partial charge in [-0.1, -0.05) is 26.0 Å². The number of Topliss-reactive ketones (excluding diaryl/α,β-unsaturated/α-hetero) is 1. The van der Waals surface area contributed by atoms with E-state index < -0.39 is 105 Å². The maximum absolute atomic E-state index is 15.1. The van der Waals surface area contributed by atoms with Crippen LogP contribution in [0.5, 0.6) is 11.6 Å². The van der Waals surface area contributed by atoms with Crippen molar-refractivity contribution in [3.8, 4) is 11.6 Å². The summed E-state index contributed by atoms with van der Waals surface area (Å²) >= 11 is 0. The molecule has 6 rings (SSSR count). The van der Waals surface area contributed by atoms with Crippen molar-refractivity contribution in [1.29, 1.82) is 0 Å². The van der Waals surface area contributed by atoms with Crippen molar-refractivity contribution in [3.05, 3.63) is 42.4 Å². The van der Waals surface area contributed by atoms with E-state index in [1.807, 2.05) is 19.1 Å². The number of allylic oxidation sites excluding steroid dienone is 2. The Labute approximate surface area is 335 Å². The topological polar surface area (TPSA) is 158 Å². The molecule has 1 N–H and O–H groups in total. The number of ketones is 1. The van der Waals surface area contributed by atoms with Gasteiger partial charge in [0.2, 0.25) is 33.3 Å². The second-order valence-electron chi connectivity index (χ2n) is 16.9. The second kappa shape index (κ2) is 16.4. The van der Waals surface area contributed by atoms with Crippen molar-refractivity contribution >= 4 is 44.4 Å². The minimum Gasteiger partial charge on any atom is -0.491 e. The SMILES string of the molecule is CCOc1cc2ccnc(O[C@@H]3C[C@H]4C(=O)C[C@]5(C(=O)NS(=O)(=O)C6CC6)C[C@H]5/C=C\CC[C@H](C)C[C@@H](C)[C@H](CC(=O)OC(C)(C)C(F)(F)F)C(=O)N4C3)c2cc1F. The lowest BCUT2D eigenvalue weighted by Gasteiger charge is -2.33. The molecule has 2 amide bonds. The Morgan fingerprint density at radius 3 is 2.48 bits per heavy atom. The Balaban J connectivity index is 1.35. The molecule has 1 aromatic carbocycles. The standard InChI is InChI=1S/C41H51F4N3O9S/c1-6-55-34-16-25-13-14-46-36(30(25)18-31(34)42)56-27-17-32-33(49)21-40(38(52)47-58(53,54)28-11-12-28)20-26(40)10-8-7-9-23(2)15-24(3)29(37(51)48(32)22-27)19-35(50)57-39(4,5)41(43,44)45/h8,10,13-14,16,18,23-24,26-29,32H,6-7,9,11-12,15,17,19-22H2,1-5H3,(H,47,52)/b10-8-/t23-,24+,26+,27+,29-,32-,40+/m0/s1. The van der Waals surface area contributed by atoms with Crippen LogP contribution in [0, 0.1) is 34.9 Å². The van der Waals surface area contributed by atoms with E-state index in [-0.39, 0.29) is 43.5 Å². The summed E-state index contributed by atoms with van der Waals surface area (Å²) < 4.78 is 101. The van der Waals surface area contributed by atoms with E-state index in [1.54, 1.807) is 19.9 Å². The number of rotatable bonds is 10. The zero-order valence-electron chi connectivity index (χ0n) is 33.3. The van der Waals surface area contributed by atoms with Crippen molar-refractivity contribution < 1.29 is 59.4 Å². The molecule has 3 heterocycles. The number of fused-ring (bicyclic) bond motifs is 3. The molecule has 17 heteroatoms. The summed E-state index contributed by atoms with van der Waals surface area (Å²) in [5.41, 5.74) is -4.24. The summed E-state index contributed by atoms with van der Waals surface area (Å²) in [4.78, 5) is 62.0. The van der Waals surface area contributed by atoms with Gasteiger partial charge in [-0.05, 0) is 101 Å². The highest BCUT2D eigenvalue weighted by Gasteiger charge is 2.62. The van der Waals surface area contributed by atoms with Crippen molar-refractivity contribution in [2.24, 2.45) is 29.1 Å². The molecule has 58 heavy (non-hydrogen) atoms. The summed E-state index contributed by atoms with van der Waals surface area (Å²) in [6.07, 6.45) is 0.823. The third kappa shape index (κ3) is 9.28. The van der Waals surface area contributed by atoms with Gasteiger partial charge < -0.3 is 19.1 Å². The minimum atomic E-state index is -4.89. The van der Waals surface area contributed by atoms with Crippen molar-refractivity contribution in [1.82, 2.24) is 14.6 Å². The predicted octanol–water partition coefficient (Wildman–Crippen LogP) is 6.60. The molecule has 0 unspecified atom stereocenters. The molecule has 1 aromatic heterocycles. The Morgan fingerprint density at radius 2 is 1.81 bits per heavy atom. The molecular weight excluding hydrogens is 787 g/mol. The number of benzene rings is 1. The number of carbonyl (C=O) groups is 4. The molecule has 0 radical (unpaired) electrons. The zero-order valence-corrected chi connectivity index (χ0v) is 34.1. The Bertz CT molecular complexity index is 2070. The molecule has 4 aliphatic rings. The van der Waals surface area contributed by atoms with E-state index in [4.69, 9.17) is 14.2 Å². The molecule has 12 nitrogen and oxygen atoms in total. The maximum atomic E-state index is 15.1. The molecule has 2 saturated carbocycles. The third-order valence-corrected chi connectivity index (χ3v) is 13.8. The molecule has 7 atom stereocenters. The number of aromatic nitrogens is 1. The first-order valence-corrected chi connectivity index (χ1v) is 21.4. The fourth-order valence-corrected chi connectivity index (χ4v) is 9.60. The van der Waals surface area contributed by atoms with Gasteiger partial charge in [0, 0.05) is 24.4 Å². The molecule has 0 spiro atoms. The number of hydrogen-bond acceptors (Lipinski definition) is 10. The number of nitrogens with one attached hydrogen (secondary N) is 1. The van der Waals surface area contributed by atoms with Gasteiger partial charge in [0.25, 0.3) is 0 Å². The van der Waals surface area contributed by atoms with Crippen LogP contribution in [0.2, 0.25) is 0 Å². The summed E-state index contributed by atoms with van der Waals surface area (Å²) in [5.74, 6) is -6.10. The summed E-state index contributed by atoms with van der Waals surface area (Å²) in [6.45, 7) is 6.85. The van der Waals surface area contributed by atoms with Crippen LogP contribution < -0.4 is 14.2 Å². The lowest BCUT2D eigenvalue weighted by Crippen LogP contribution is -2.48. The number of alkyl halides is 3. The molecule has 2 aliphatic heterocycles. The highest BCUT2D eigenvalue weighted by atomic mass is 32.2. The van der Waals surface area contributed by atoms with Crippen LogP contribution in [0.4, 0.5) is 17.6 Å². The highest BCUT2D eigenvalue weighted by Crippen LogP contribution is 2.57. The van der Waals surface area contributed by atoms with Crippen LogP contribution in [-0.2, 0) is 33.9 Å². The number of halogens is 4. The first-order chi connectivity index (χ1) is 27.2. The Hall–Kier alpha value is -4.28. The van der Waals surface area contributed by atoms with Crippen LogP contribution >= 0.6 is 0 Å². The number of ether oxygens (including phenoxy) is 3. The highest BCUT2D eigenvalue weighted by molar-refractivity contribution is 7.90. The first-order valence-electron chi connectivity index (χ1n) is 19.9. The van der Waals surface area contributed by atoms with Gasteiger partial charge in [0.15, 0.2) is 17.3 Å².